The van der Waals surface area contributed by atoms with Crippen LogP contribution in [0, 0.1) is 18.3 Å². The van der Waals surface area contributed by atoms with Gasteiger partial charge in [-0.2, -0.15) is 5.26 Å². The van der Waals surface area contributed by atoms with E-state index in [-0.39, 0.29) is 22.1 Å². The van der Waals surface area contributed by atoms with E-state index < -0.39 is 5.78 Å². The van der Waals surface area contributed by atoms with Crippen LogP contribution in [-0.2, 0) is 0 Å². The standard InChI is InChI=1S/C18H11ClN2O2/c1-10-6-7-14(11(8-10)9-20)21-16-15(19)17(22)12-4-2-3-5-13(12)18(16)23/h2-8,21H,1H3. The first-order valence-electron chi connectivity index (χ1n) is 6.89. The maximum absolute atomic E-state index is 12.6. The van der Waals surface area contributed by atoms with E-state index in [0.29, 0.717) is 16.8 Å². The van der Waals surface area contributed by atoms with E-state index in [1.54, 1.807) is 42.5 Å². The van der Waals surface area contributed by atoms with Gasteiger partial charge in [0.25, 0.3) is 0 Å². The van der Waals surface area contributed by atoms with E-state index in [4.69, 9.17) is 11.6 Å². The highest BCUT2D eigenvalue weighted by molar-refractivity contribution is 6.50. The van der Waals surface area contributed by atoms with Crippen LogP contribution in [0.5, 0.6) is 0 Å². The number of anilines is 1. The predicted molar refractivity (Wildman–Crippen MR) is 87.5 cm³/mol. The van der Waals surface area contributed by atoms with Gasteiger partial charge in [0.2, 0.25) is 11.6 Å². The molecule has 1 N–H and O–H groups in total. The fourth-order valence-electron chi connectivity index (χ4n) is 2.45. The van der Waals surface area contributed by atoms with Gasteiger partial charge in [-0.15, -0.1) is 0 Å². The summed E-state index contributed by atoms with van der Waals surface area (Å²) in [5.41, 5.74) is 2.32. The van der Waals surface area contributed by atoms with E-state index in [0.717, 1.165) is 5.56 Å². The first kappa shape index (κ1) is 15.0. The molecule has 23 heavy (non-hydrogen) atoms. The number of carbonyl (C=O) groups is 2. The molecule has 0 saturated heterocycles. The summed E-state index contributed by atoms with van der Waals surface area (Å²) in [6, 6.07) is 13.8. The highest BCUT2D eigenvalue weighted by Gasteiger charge is 2.31. The summed E-state index contributed by atoms with van der Waals surface area (Å²) in [7, 11) is 0. The molecule has 4 nitrogen and oxygen atoms in total. The molecule has 2 aromatic rings. The zero-order valence-corrected chi connectivity index (χ0v) is 12.9. The SMILES string of the molecule is Cc1ccc(NC2=C(Cl)C(=O)c3ccccc3C2=O)c(C#N)c1. The molecule has 1 aliphatic rings. The van der Waals surface area contributed by atoms with Gasteiger partial charge in [-0.05, 0) is 24.6 Å². The van der Waals surface area contributed by atoms with Crippen molar-refractivity contribution in [2.24, 2.45) is 0 Å². The van der Waals surface area contributed by atoms with E-state index in [1.807, 2.05) is 6.92 Å². The third-order valence-corrected chi connectivity index (χ3v) is 3.98. The molecule has 0 aromatic heterocycles. The van der Waals surface area contributed by atoms with E-state index in [9.17, 15) is 14.9 Å². The van der Waals surface area contributed by atoms with Crippen molar-refractivity contribution in [1.29, 1.82) is 5.26 Å². The number of nitrogens with zero attached hydrogens (tertiary/aromatic N) is 1. The Hall–Kier alpha value is -2.90. The number of benzene rings is 2. The molecule has 3 rings (SSSR count). The van der Waals surface area contributed by atoms with Gasteiger partial charge in [-0.3, -0.25) is 9.59 Å². The van der Waals surface area contributed by atoms with E-state index in [2.05, 4.69) is 11.4 Å². The number of carbonyl (C=O) groups excluding carboxylic acids is 2. The Morgan fingerprint density at radius 2 is 1.70 bits per heavy atom. The zero-order valence-electron chi connectivity index (χ0n) is 12.2. The number of nitriles is 1. The lowest BCUT2D eigenvalue weighted by Gasteiger charge is -2.19. The number of aryl methyl sites for hydroxylation is 1. The van der Waals surface area contributed by atoms with Gasteiger partial charge in [0, 0.05) is 11.1 Å². The minimum absolute atomic E-state index is 0.00396. The molecule has 112 valence electrons. The lowest BCUT2D eigenvalue weighted by molar-refractivity contribution is 0.0982. The fraction of sp³-hybridized carbons (Fsp3) is 0.0556. The Morgan fingerprint density at radius 3 is 2.35 bits per heavy atom. The maximum Gasteiger partial charge on any atom is 0.211 e. The molecule has 0 bridgehead atoms. The van der Waals surface area contributed by atoms with Gasteiger partial charge < -0.3 is 5.32 Å². The molecule has 0 atom stereocenters. The van der Waals surface area contributed by atoms with Gasteiger partial charge in [0.05, 0.1) is 11.3 Å². The zero-order chi connectivity index (χ0) is 16.6. The minimum atomic E-state index is -0.407. The number of nitrogens with one attached hydrogen (secondary N) is 1. The molecule has 5 heteroatoms. The molecular weight excluding hydrogens is 312 g/mol. The first-order chi connectivity index (χ1) is 11.0. The minimum Gasteiger partial charge on any atom is -0.350 e. The number of halogens is 1. The van der Waals surface area contributed by atoms with Crippen LogP contribution in [0.4, 0.5) is 5.69 Å². The van der Waals surface area contributed by atoms with Crippen molar-refractivity contribution in [2.75, 3.05) is 5.32 Å². The Bertz CT molecular complexity index is 923. The highest BCUT2D eigenvalue weighted by Crippen LogP contribution is 2.30. The Labute approximate surface area is 138 Å². The van der Waals surface area contributed by atoms with Crippen molar-refractivity contribution in [1.82, 2.24) is 0 Å². The van der Waals surface area contributed by atoms with Crippen LogP contribution in [0.1, 0.15) is 31.8 Å². The summed E-state index contributed by atoms with van der Waals surface area (Å²) < 4.78 is 0. The monoisotopic (exact) mass is 322 g/mol. The lowest BCUT2D eigenvalue weighted by atomic mass is 9.92. The second kappa shape index (κ2) is 5.71. The van der Waals surface area contributed by atoms with E-state index >= 15 is 0 Å². The molecule has 0 amide bonds. The Balaban J connectivity index is 2.08. The van der Waals surface area contributed by atoms with Gasteiger partial charge in [-0.25, -0.2) is 0 Å². The number of Topliss-reactive ketones (excluding diaryl/α,β-unsaturated/α-hetero) is 2. The second-order valence-electron chi connectivity index (χ2n) is 5.18. The van der Waals surface area contributed by atoms with Crippen LogP contribution < -0.4 is 5.32 Å². The van der Waals surface area contributed by atoms with Crippen molar-refractivity contribution in [2.45, 2.75) is 6.92 Å². The average Bonchev–Trinajstić information content (AvgIpc) is 2.57. The molecule has 0 aliphatic heterocycles. The normalized spacial score (nSPS) is 13.6. The smallest absolute Gasteiger partial charge is 0.211 e. The van der Waals surface area contributed by atoms with Crippen molar-refractivity contribution >= 4 is 28.9 Å². The summed E-state index contributed by atoms with van der Waals surface area (Å²) in [4.78, 5) is 24.9. The quantitative estimate of drug-likeness (QED) is 0.912. The number of hydrogen-bond acceptors (Lipinski definition) is 4. The molecular formula is C18H11ClN2O2. The predicted octanol–water partition coefficient (Wildman–Crippen LogP) is 3.81. The van der Waals surface area contributed by atoms with Crippen LogP contribution >= 0.6 is 11.6 Å². The number of allylic oxidation sites excluding steroid dienone is 2. The molecule has 0 spiro atoms. The summed E-state index contributed by atoms with van der Waals surface area (Å²) in [6.45, 7) is 1.86. The average molecular weight is 323 g/mol. The van der Waals surface area contributed by atoms with Crippen molar-refractivity contribution in [3.8, 4) is 6.07 Å². The summed E-state index contributed by atoms with van der Waals surface area (Å²) in [6.07, 6.45) is 0. The molecule has 0 heterocycles. The van der Waals surface area contributed by atoms with Crippen LogP contribution in [-0.4, -0.2) is 11.6 Å². The first-order valence-corrected chi connectivity index (χ1v) is 7.26. The topological polar surface area (TPSA) is 70.0 Å². The lowest BCUT2D eigenvalue weighted by Crippen LogP contribution is -2.24. The molecule has 1 aliphatic carbocycles. The fourth-order valence-corrected chi connectivity index (χ4v) is 2.69. The van der Waals surface area contributed by atoms with Gasteiger partial charge in [0.15, 0.2) is 0 Å². The van der Waals surface area contributed by atoms with Crippen molar-refractivity contribution in [3.63, 3.8) is 0 Å². The third-order valence-electron chi connectivity index (χ3n) is 3.62. The molecule has 0 radical (unpaired) electrons. The van der Waals surface area contributed by atoms with Gasteiger partial charge in [-0.1, -0.05) is 41.9 Å². The number of fused-ring (bicyclic) bond motifs is 1. The van der Waals surface area contributed by atoms with Crippen LogP contribution in [0.15, 0.2) is 53.2 Å². The van der Waals surface area contributed by atoms with Crippen LogP contribution in [0.3, 0.4) is 0 Å². The maximum atomic E-state index is 12.6. The molecule has 0 unspecified atom stereocenters. The summed E-state index contributed by atoms with van der Waals surface area (Å²) in [5.74, 6) is -0.773. The number of rotatable bonds is 2. The van der Waals surface area contributed by atoms with Gasteiger partial charge in [0.1, 0.15) is 16.8 Å². The Kier molecular flexibility index (Phi) is 3.73. The third kappa shape index (κ3) is 2.52. The van der Waals surface area contributed by atoms with Crippen LogP contribution in [0.2, 0.25) is 0 Å². The molecule has 2 aromatic carbocycles. The summed E-state index contributed by atoms with van der Waals surface area (Å²) >= 11 is 6.10. The van der Waals surface area contributed by atoms with E-state index in [1.165, 1.54) is 0 Å². The van der Waals surface area contributed by atoms with Crippen LogP contribution in [0.25, 0.3) is 0 Å². The van der Waals surface area contributed by atoms with Crippen molar-refractivity contribution in [3.05, 3.63) is 75.4 Å². The largest absolute Gasteiger partial charge is 0.350 e. The summed E-state index contributed by atoms with van der Waals surface area (Å²) in [5, 5.41) is 11.9. The second-order valence-corrected chi connectivity index (χ2v) is 5.56. The number of hydrogen-bond donors (Lipinski definition) is 1. The number of ketones is 2. The molecule has 0 saturated carbocycles. The molecule has 0 fully saturated rings. The van der Waals surface area contributed by atoms with Gasteiger partial charge >= 0.3 is 0 Å². The van der Waals surface area contributed by atoms with Crippen molar-refractivity contribution < 1.29 is 9.59 Å². The Morgan fingerprint density at radius 1 is 1.04 bits per heavy atom. The highest BCUT2D eigenvalue weighted by atomic mass is 35.5.